The average Bonchev–Trinajstić information content (AvgIpc) is 2.79. The van der Waals surface area contributed by atoms with E-state index in [9.17, 15) is 13.2 Å². The number of ether oxygens (including phenoxy) is 1. The van der Waals surface area contributed by atoms with Gasteiger partial charge in [0.1, 0.15) is 0 Å². The van der Waals surface area contributed by atoms with Gasteiger partial charge in [-0.25, -0.2) is 0 Å². The minimum absolute atomic E-state index is 0.123. The average molecular weight is 489 g/mol. The number of piperazine rings is 1. The van der Waals surface area contributed by atoms with E-state index in [1.165, 1.54) is 6.07 Å². The first-order valence-corrected chi connectivity index (χ1v) is 13.7. The maximum absolute atomic E-state index is 13.4. The third-order valence-electron chi connectivity index (χ3n) is 5.54. The van der Waals surface area contributed by atoms with Gasteiger partial charge in [0.25, 0.3) is 0 Å². The first-order valence-electron chi connectivity index (χ1n) is 9.97. The van der Waals surface area contributed by atoms with Crippen LogP contribution in [-0.2, 0) is 12.8 Å². The van der Waals surface area contributed by atoms with Crippen LogP contribution in [-0.4, -0.2) is 87.4 Å². The summed E-state index contributed by atoms with van der Waals surface area (Å²) in [4.78, 5) is 19.8. The molecule has 1 amide bonds. The van der Waals surface area contributed by atoms with Gasteiger partial charge in [-0.2, -0.15) is 0 Å². The first kappa shape index (κ1) is 21.2. The van der Waals surface area contributed by atoms with Crippen molar-refractivity contribution in [2.75, 3.05) is 62.3 Å². The molecule has 0 aliphatic carbocycles. The van der Waals surface area contributed by atoms with Crippen LogP contribution in [0.4, 0.5) is 11.4 Å². The van der Waals surface area contributed by atoms with E-state index in [1.807, 2.05) is 23.1 Å². The Morgan fingerprint density at radius 1 is 0.867 bits per heavy atom. The molecule has 2 aliphatic heterocycles. The molecule has 0 atom stereocenters. The molecule has 0 N–H and O–H groups in total. The molecule has 4 rings (SSSR count). The van der Waals surface area contributed by atoms with Crippen LogP contribution in [0.25, 0.3) is 0 Å². The summed E-state index contributed by atoms with van der Waals surface area (Å²) in [6.45, 7) is 5.20. The van der Waals surface area contributed by atoms with Crippen molar-refractivity contribution in [2.45, 2.75) is 4.90 Å². The van der Waals surface area contributed by atoms with Gasteiger partial charge in [-0.05, 0) is 0 Å². The minimum atomic E-state index is -3.47. The summed E-state index contributed by atoms with van der Waals surface area (Å²) < 4.78 is 29.6. The standard InChI is InChI=1S/C21H24AsN3O4S/c22-30(27,28)18-6-7-20(24-12-14-29-15-13-24)19(16-18)21(26)25-10-8-23(9-11-25)17-4-2-1-3-5-17/h1-7,16H,8-15H2. The van der Waals surface area contributed by atoms with Gasteiger partial charge in [0.15, 0.2) is 0 Å². The van der Waals surface area contributed by atoms with E-state index in [0.29, 0.717) is 45.0 Å². The van der Waals surface area contributed by atoms with Crippen LogP contribution < -0.4 is 9.80 Å². The zero-order valence-corrected chi connectivity index (χ0v) is 19.3. The van der Waals surface area contributed by atoms with Crippen LogP contribution in [0, 0.1) is 0 Å². The molecule has 2 aromatic rings. The number of benzene rings is 2. The molecule has 0 unspecified atom stereocenters. The molecule has 0 saturated carbocycles. The van der Waals surface area contributed by atoms with Crippen LogP contribution in [0.3, 0.4) is 0 Å². The second kappa shape index (κ2) is 9.00. The van der Waals surface area contributed by atoms with Crippen LogP contribution in [0.2, 0.25) is 0 Å². The monoisotopic (exact) mass is 489 g/mol. The maximum atomic E-state index is 13.4. The van der Waals surface area contributed by atoms with E-state index in [4.69, 9.17) is 4.74 Å². The van der Waals surface area contributed by atoms with Gasteiger partial charge in [0.2, 0.25) is 0 Å². The molecule has 2 aliphatic rings. The van der Waals surface area contributed by atoms with E-state index < -0.39 is 8.10 Å². The Kier molecular flexibility index (Phi) is 6.37. The fourth-order valence-corrected chi connectivity index (χ4v) is 5.13. The van der Waals surface area contributed by atoms with Crippen LogP contribution in [0.1, 0.15) is 10.4 Å². The summed E-state index contributed by atoms with van der Waals surface area (Å²) in [7, 11) is -3.47. The number of amides is 1. The van der Waals surface area contributed by atoms with Crippen molar-refractivity contribution < 1.29 is 17.9 Å². The number of carbonyl (C=O) groups excluding carboxylic acids is 1. The van der Waals surface area contributed by atoms with Crippen LogP contribution in [0.15, 0.2) is 53.4 Å². The number of nitrogens with zero attached hydrogens (tertiary/aromatic N) is 3. The summed E-state index contributed by atoms with van der Waals surface area (Å²) in [6, 6.07) is 15.0. The number of para-hydroxylation sites is 1. The van der Waals surface area contributed by atoms with Crippen molar-refractivity contribution in [1.82, 2.24) is 4.90 Å². The number of morpholine rings is 1. The Balaban J connectivity index is 1.57. The van der Waals surface area contributed by atoms with Crippen molar-refractivity contribution in [3.05, 3.63) is 54.1 Å². The number of hydrogen-bond donors (Lipinski definition) is 0. The molecule has 9 heteroatoms. The molecule has 30 heavy (non-hydrogen) atoms. The van der Waals surface area contributed by atoms with Gasteiger partial charge < -0.3 is 0 Å². The second-order valence-corrected chi connectivity index (χ2v) is 11.8. The van der Waals surface area contributed by atoms with Gasteiger partial charge in [-0.1, -0.05) is 6.07 Å². The Hall–Kier alpha value is -2.02. The van der Waals surface area contributed by atoms with E-state index in [0.717, 1.165) is 24.5 Å². The fraction of sp³-hybridized carbons (Fsp3) is 0.381. The van der Waals surface area contributed by atoms with Gasteiger partial charge >= 0.3 is 179 Å². The third kappa shape index (κ3) is 4.66. The molecule has 7 nitrogen and oxygen atoms in total. The molecule has 2 saturated heterocycles. The van der Waals surface area contributed by atoms with Crippen LogP contribution >= 0.6 is 0 Å². The van der Waals surface area contributed by atoms with Gasteiger partial charge in [0.05, 0.1) is 0 Å². The number of hydrogen-bond acceptors (Lipinski definition) is 6. The van der Waals surface area contributed by atoms with E-state index in [1.54, 1.807) is 27.8 Å². The molecular formula is C21H24AsN3O4S. The molecule has 2 fully saturated rings. The predicted octanol–water partition coefficient (Wildman–Crippen LogP) is 1.34. The Morgan fingerprint density at radius 3 is 2.17 bits per heavy atom. The quantitative estimate of drug-likeness (QED) is 0.604. The molecule has 158 valence electrons. The van der Waals surface area contributed by atoms with Crippen molar-refractivity contribution in [3.8, 4) is 0 Å². The third-order valence-corrected chi connectivity index (χ3v) is 7.71. The van der Waals surface area contributed by atoms with Gasteiger partial charge in [-0.3, -0.25) is 0 Å². The van der Waals surface area contributed by atoms with Crippen LogP contribution in [0.5, 0.6) is 0 Å². The second-order valence-electron chi connectivity index (χ2n) is 7.37. The summed E-state index contributed by atoms with van der Waals surface area (Å²) in [5.41, 5.74) is 2.36. The van der Waals surface area contributed by atoms with Gasteiger partial charge in [0, 0.05) is 0 Å². The Bertz CT molecular complexity index is 1000. The molecule has 0 bridgehead atoms. The molecule has 0 spiro atoms. The topological polar surface area (TPSA) is 70.2 Å². The summed E-state index contributed by atoms with van der Waals surface area (Å²) in [6.07, 6.45) is 0. The zero-order valence-electron chi connectivity index (χ0n) is 16.6. The number of carbonyl (C=O) groups is 1. The zero-order chi connectivity index (χ0) is 21.1. The van der Waals surface area contributed by atoms with Gasteiger partial charge in [-0.15, -0.1) is 0 Å². The summed E-state index contributed by atoms with van der Waals surface area (Å²) in [5, 5.41) is 0. The fourth-order valence-electron chi connectivity index (χ4n) is 3.90. The van der Waals surface area contributed by atoms with E-state index in [2.05, 4.69) is 21.9 Å². The predicted molar refractivity (Wildman–Crippen MR) is 117 cm³/mol. The summed E-state index contributed by atoms with van der Waals surface area (Å²) >= 11 is 1.69. The van der Waals surface area contributed by atoms with E-state index >= 15 is 0 Å². The van der Waals surface area contributed by atoms with E-state index in [-0.39, 0.29) is 10.8 Å². The van der Waals surface area contributed by atoms with Crippen molar-refractivity contribution in [3.63, 3.8) is 0 Å². The molecule has 2 radical (unpaired) electrons. The molecule has 2 heterocycles. The number of anilines is 2. The molecule has 0 aromatic heterocycles. The van der Waals surface area contributed by atoms with Crippen molar-refractivity contribution in [1.29, 1.82) is 0 Å². The molecular weight excluding hydrogens is 465 g/mol. The van der Waals surface area contributed by atoms with Crippen molar-refractivity contribution >= 4 is 41.1 Å². The Morgan fingerprint density at radius 2 is 1.53 bits per heavy atom. The molecule has 2 aromatic carbocycles. The number of rotatable bonds is 4. The van der Waals surface area contributed by atoms with Crippen molar-refractivity contribution in [2.24, 2.45) is 0 Å². The summed E-state index contributed by atoms with van der Waals surface area (Å²) in [5.74, 6) is -0.123. The SMILES string of the molecule is O=C(c1cc(S(=O)(=O)[As])ccc1N1CCOCC1)N1CCN(c2ccccc2)CC1. The normalized spacial score (nSPS) is 17.8. The first-order chi connectivity index (χ1) is 14.4. The Labute approximate surface area is 185 Å².